The van der Waals surface area contributed by atoms with Crippen molar-refractivity contribution in [1.82, 2.24) is 9.97 Å². The minimum Gasteiger partial charge on any atom is -0.481 e. The number of hydrogen-bond donors (Lipinski definition) is 1. The van der Waals surface area contributed by atoms with Crippen molar-refractivity contribution < 1.29 is 4.74 Å². The first-order chi connectivity index (χ1) is 8.70. The highest BCUT2D eigenvalue weighted by Crippen LogP contribution is 2.22. The van der Waals surface area contributed by atoms with Crippen molar-refractivity contribution in [2.75, 3.05) is 12.4 Å². The van der Waals surface area contributed by atoms with Crippen molar-refractivity contribution in [3.8, 4) is 5.88 Å². The molecule has 0 aliphatic rings. The Hall–Kier alpha value is -1.62. The Balaban J connectivity index is 2.11. The van der Waals surface area contributed by atoms with Crippen LogP contribution < -0.4 is 10.1 Å². The molecule has 2 heterocycles. The maximum atomic E-state index is 5.20. The lowest BCUT2D eigenvalue weighted by Crippen LogP contribution is -2.04. The molecule has 2 rings (SSSR count). The van der Waals surface area contributed by atoms with Crippen LogP contribution in [0.4, 0.5) is 5.82 Å². The zero-order valence-corrected chi connectivity index (χ0v) is 11.9. The number of pyridine rings is 2. The van der Waals surface area contributed by atoms with E-state index in [-0.39, 0.29) is 0 Å². The molecule has 94 valence electrons. The first kappa shape index (κ1) is 12.8. The first-order valence-corrected chi connectivity index (χ1v) is 6.34. The predicted octanol–water partition coefficient (Wildman–Crippen LogP) is 3.17. The van der Waals surface area contributed by atoms with Crippen LogP contribution in [0.15, 0.2) is 35.1 Å². The van der Waals surface area contributed by atoms with Gasteiger partial charge in [0.05, 0.1) is 11.6 Å². The topological polar surface area (TPSA) is 47.0 Å². The van der Waals surface area contributed by atoms with Crippen LogP contribution in [-0.4, -0.2) is 17.1 Å². The number of aryl methyl sites for hydroxylation is 1. The van der Waals surface area contributed by atoms with Gasteiger partial charge in [-0.05, 0) is 40.5 Å². The van der Waals surface area contributed by atoms with Crippen molar-refractivity contribution in [2.45, 2.75) is 13.5 Å². The third kappa shape index (κ3) is 2.98. The molecule has 0 fully saturated rings. The number of rotatable bonds is 4. The van der Waals surface area contributed by atoms with E-state index in [4.69, 9.17) is 4.74 Å². The molecular weight excluding hydrogens is 294 g/mol. The largest absolute Gasteiger partial charge is 0.481 e. The van der Waals surface area contributed by atoms with Gasteiger partial charge in [0.15, 0.2) is 0 Å². The monoisotopic (exact) mass is 307 g/mol. The molecule has 0 saturated carbocycles. The molecular formula is C13H14BrN3O. The van der Waals surface area contributed by atoms with E-state index in [9.17, 15) is 0 Å². The second-order valence-corrected chi connectivity index (χ2v) is 4.72. The highest BCUT2D eigenvalue weighted by molar-refractivity contribution is 9.10. The molecule has 0 atom stereocenters. The van der Waals surface area contributed by atoms with Gasteiger partial charge in [-0.2, -0.15) is 0 Å². The number of hydrogen-bond acceptors (Lipinski definition) is 4. The Morgan fingerprint density at radius 3 is 2.94 bits per heavy atom. The van der Waals surface area contributed by atoms with Crippen molar-refractivity contribution >= 4 is 21.7 Å². The number of nitrogens with zero attached hydrogens (tertiary/aromatic N) is 2. The lowest BCUT2D eigenvalue weighted by molar-refractivity contribution is 0.393. The molecule has 0 bridgehead atoms. The quantitative estimate of drug-likeness (QED) is 0.942. The lowest BCUT2D eigenvalue weighted by Gasteiger charge is -2.10. The summed E-state index contributed by atoms with van der Waals surface area (Å²) < 4.78 is 6.15. The summed E-state index contributed by atoms with van der Waals surface area (Å²) in [6.45, 7) is 2.62. The van der Waals surface area contributed by atoms with Crippen LogP contribution in [0.1, 0.15) is 11.1 Å². The fourth-order valence-corrected chi connectivity index (χ4v) is 2.19. The van der Waals surface area contributed by atoms with Gasteiger partial charge < -0.3 is 10.1 Å². The maximum Gasteiger partial charge on any atom is 0.218 e. The van der Waals surface area contributed by atoms with Crippen LogP contribution in [-0.2, 0) is 6.54 Å². The molecule has 0 saturated heterocycles. The van der Waals surface area contributed by atoms with E-state index >= 15 is 0 Å². The molecule has 2 aromatic heterocycles. The van der Waals surface area contributed by atoms with E-state index in [1.165, 1.54) is 0 Å². The predicted molar refractivity (Wildman–Crippen MR) is 74.8 cm³/mol. The van der Waals surface area contributed by atoms with Crippen molar-refractivity contribution in [3.63, 3.8) is 0 Å². The van der Waals surface area contributed by atoms with Gasteiger partial charge in [-0.15, -0.1) is 0 Å². The molecule has 0 radical (unpaired) electrons. The van der Waals surface area contributed by atoms with Gasteiger partial charge in [0.25, 0.3) is 0 Å². The van der Waals surface area contributed by atoms with Gasteiger partial charge in [0.2, 0.25) is 5.88 Å². The van der Waals surface area contributed by atoms with Crippen molar-refractivity contribution in [1.29, 1.82) is 0 Å². The number of nitrogens with one attached hydrogen (secondary N) is 1. The van der Waals surface area contributed by atoms with Gasteiger partial charge in [0, 0.05) is 24.5 Å². The Bertz CT molecular complexity index is 546. The molecule has 0 aliphatic heterocycles. The van der Waals surface area contributed by atoms with E-state index < -0.39 is 0 Å². The fourth-order valence-electron chi connectivity index (χ4n) is 1.59. The maximum absolute atomic E-state index is 5.20. The van der Waals surface area contributed by atoms with Crippen LogP contribution in [0.2, 0.25) is 0 Å². The van der Waals surface area contributed by atoms with Crippen LogP contribution in [0.5, 0.6) is 5.88 Å². The molecule has 1 N–H and O–H groups in total. The average molecular weight is 308 g/mol. The summed E-state index contributed by atoms with van der Waals surface area (Å²) in [7, 11) is 1.62. The minimum atomic E-state index is 0.617. The molecule has 0 aliphatic carbocycles. The molecule has 18 heavy (non-hydrogen) atoms. The van der Waals surface area contributed by atoms with E-state index in [1.807, 2.05) is 31.3 Å². The Morgan fingerprint density at radius 1 is 1.39 bits per heavy atom. The molecule has 5 heteroatoms. The van der Waals surface area contributed by atoms with Crippen molar-refractivity contribution in [2.24, 2.45) is 0 Å². The summed E-state index contributed by atoms with van der Waals surface area (Å²) >= 11 is 3.48. The summed E-state index contributed by atoms with van der Waals surface area (Å²) in [5.41, 5.74) is 2.11. The first-order valence-electron chi connectivity index (χ1n) is 5.54. The fraction of sp³-hybridized carbons (Fsp3) is 0.231. The van der Waals surface area contributed by atoms with Crippen LogP contribution >= 0.6 is 15.9 Å². The second-order valence-electron chi connectivity index (χ2n) is 3.87. The highest BCUT2D eigenvalue weighted by Gasteiger charge is 2.05. The van der Waals surface area contributed by atoms with Gasteiger partial charge >= 0.3 is 0 Å². The van der Waals surface area contributed by atoms with Gasteiger partial charge in [-0.1, -0.05) is 6.07 Å². The normalized spacial score (nSPS) is 10.2. The van der Waals surface area contributed by atoms with E-state index in [0.29, 0.717) is 12.4 Å². The summed E-state index contributed by atoms with van der Waals surface area (Å²) in [6.07, 6.45) is 3.54. The standard InChI is InChI=1S/C13H14BrN3O/c1-9-6-11(14)12(16-7-9)17-8-10-4-3-5-15-13(10)18-2/h3-7H,8H2,1-2H3,(H,16,17). The van der Waals surface area contributed by atoms with Gasteiger partial charge in [-0.25, -0.2) is 9.97 Å². The van der Waals surface area contributed by atoms with E-state index in [0.717, 1.165) is 21.4 Å². The summed E-state index contributed by atoms with van der Waals surface area (Å²) in [6, 6.07) is 5.88. The molecule has 0 amide bonds. The Morgan fingerprint density at radius 2 is 2.22 bits per heavy atom. The number of anilines is 1. The number of methoxy groups -OCH3 is 1. The van der Waals surface area contributed by atoms with Crippen molar-refractivity contribution in [3.05, 3.63) is 46.2 Å². The van der Waals surface area contributed by atoms with Crippen LogP contribution in [0, 0.1) is 6.92 Å². The Labute approximate surface area is 115 Å². The highest BCUT2D eigenvalue weighted by atomic mass is 79.9. The summed E-state index contributed by atoms with van der Waals surface area (Å²) in [5.74, 6) is 1.44. The zero-order chi connectivity index (χ0) is 13.0. The number of aromatic nitrogens is 2. The zero-order valence-electron chi connectivity index (χ0n) is 10.3. The number of ether oxygens (including phenoxy) is 1. The third-order valence-corrected chi connectivity index (χ3v) is 3.07. The van der Waals surface area contributed by atoms with Crippen LogP contribution in [0.3, 0.4) is 0 Å². The molecule has 4 nitrogen and oxygen atoms in total. The minimum absolute atomic E-state index is 0.617. The number of halogens is 1. The summed E-state index contributed by atoms with van der Waals surface area (Å²) in [5, 5.41) is 3.25. The van der Waals surface area contributed by atoms with Crippen LogP contribution in [0.25, 0.3) is 0 Å². The second kappa shape index (κ2) is 5.82. The molecule has 2 aromatic rings. The molecule has 0 unspecified atom stereocenters. The van der Waals surface area contributed by atoms with E-state index in [2.05, 4.69) is 31.2 Å². The molecule has 0 spiro atoms. The SMILES string of the molecule is COc1ncccc1CNc1ncc(C)cc1Br. The average Bonchev–Trinajstić information content (AvgIpc) is 2.38. The van der Waals surface area contributed by atoms with Gasteiger partial charge in [-0.3, -0.25) is 0 Å². The smallest absolute Gasteiger partial charge is 0.218 e. The molecule has 0 aromatic carbocycles. The Kier molecular flexibility index (Phi) is 4.15. The third-order valence-electron chi connectivity index (χ3n) is 2.47. The summed E-state index contributed by atoms with van der Waals surface area (Å²) in [4.78, 5) is 8.48. The van der Waals surface area contributed by atoms with E-state index in [1.54, 1.807) is 13.3 Å². The lowest BCUT2D eigenvalue weighted by atomic mass is 10.2. The van der Waals surface area contributed by atoms with Gasteiger partial charge in [0.1, 0.15) is 5.82 Å².